The van der Waals surface area contributed by atoms with Gasteiger partial charge in [0.1, 0.15) is 17.6 Å². The average Bonchev–Trinajstić information content (AvgIpc) is 2.58. The quantitative estimate of drug-likeness (QED) is 0.608. The highest BCUT2D eigenvalue weighted by atomic mass is 16.6. The van der Waals surface area contributed by atoms with Crippen LogP contribution in [0.4, 0.5) is 16.3 Å². The Morgan fingerprint density at radius 1 is 1.39 bits per heavy atom. The number of hydrogen-bond donors (Lipinski definition) is 1. The summed E-state index contributed by atoms with van der Waals surface area (Å²) in [6.45, 7) is 6.89. The molecule has 154 valence electrons. The van der Waals surface area contributed by atoms with E-state index in [4.69, 9.17) is 4.74 Å². The Morgan fingerprint density at radius 2 is 2.04 bits per heavy atom. The normalized spacial score (nSPS) is 15.5. The number of aromatic nitrogens is 1. The van der Waals surface area contributed by atoms with Crippen molar-refractivity contribution < 1.29 is 14.5 Å². The maximum absolute atomic E-state index is 11.9. The van der Waals surface area contributed by atoms with Crippen molar-refractivity contribution in [2.45, 2.75) is 45.3 Å². The minimum absolute atomic E-state index is 0.0247. The number of nitrogens with zero attached hydrogens (tertiary/aromatic N) is 4. The number of pyridine rings is 1. The highest BCUT2D eigenvalue weighted by Crippen LogP contribution is 2.26. The Labute approximate surface area is 165 Å². The molecule has 0 radical (unpaired) electrons. The van der Waals surface area contributed by atoms with Crippen LogP contribution in [0.3, 0.4) is 0 Å². The number of rotatable bonds is 5. The van der Waals surface area contributed by atoms with Crippen molar-refractivity contribution in [3.63, 3.8) is 0 Å². The Kier molecular flexibility index (Phi) is 6.82. The van der Waals surface area contributed by atoms with Crippen LogP contribution in [0.1, 0.15) is 39.2 Å². The van der Waals surface area contributed by atoms with E-state index in [0.29, 0.717) is 24.5 Å². The number of hydrogen-bond acceptors (Lipinski definition) is 7. The molecule has 1 aliphatic rings. The van der Waals surface area contributed by atoms with Crippen LogP contribution in [0.25, 0.3) is 6.08 Å². The molecule has 2 heterocycles. The van der Waals surface area contributed by atoms with Crippen LogP contribution in [0.15, 0.2) is 18.5 Å². The monoisotopic (exact) mass is 391 g/mol. The Bertz CT molecular complexity index is 734. The van der Waals surface area contributed by atoms with Gasteiger partial charge in [-0.05, 0) is 52.0 Å². The van der Waals surface area contributed by atoms with Crippen LogP contribution in [0, 0.1) is 10.1 Å². The Hall–Kier alpha value is -2.84. The SMILES string of the molecule is CN(C)C=Cc1cc(N2CCC(NC(=O)OC(C)(C)C)CC2)ncc1[N+](=O)[O-]. The van der Waals surface area contributed by atoms with Crippen molar-refractivity contribution in [3.05, 3.63) is 34.1 Å². The molecule has 1 amide bonds. The minimum Gasteiger partial charge on any atom is -0.444 e. The zero-order valence-electron chi connectivity index (χ0n) is 17.1. The maximum Gasteiger partial charge on any atom is 0.407 e. The Morgan fingerprint density at radius 3 is 2.57 bits per heavy atom. The summed E-state index contributed by atoms with van der Waals surface area (Å²) in [4.78, 5) is 30.9. The van der Waals surface area contributed by atoms with Gasteiger partial charge in [0, 0.05) is 33.2 Å². The number of ether oxygens (including phenoxy) is 1. The van der Waals surface area contributed by atoms with Gasteiger partial charge in [0.25, 0.3) is 5.69 Å². The molecule has 0 bridgehead atoms. The number of alkyl carbamates (subject to hydrolysis) is 1. The van der Waals surface area contributed by atoms with E-state index in [-0.39, 0.29) is 11.7 Å². The van der Waals surface area contributed by atoms with Crippen molar-refractivity contribution in [2.24, 2.45) is 0 Å². The molecule has 1 saturated heterocycles. The average molecular weight is 391 g/mol. The van der Waals surface area contributed by atoms with Gasteiger partial charge in [-0.25, -0.2) is 9.78 Å². The van der Waals surface area contributed by atoms with Gasteiger partial charge in [0.15, 0.2) is 0 Å². The first kappa shape index (κ1) is 21.5. The third-order valence-corrected chi connectivity index (χ3v) is 4.19. The first-order valence-corrected chi connectivity index (χ1v) is 9.28. The van der Waals surface area contributed by atoms with Gasteiger partial charge in [-0.3, -0.25) is 10.1 Å². The molecule has 1 N–H and O–H groups in total. The van der Waals surface area contributed by atoms with Crippen LogP contribution in [0.2, 0.25) is 0 Å². The van der Waals surface area contributed by atoms with Gasteiger partial charge < -0.3 is 19.9 Å². The molecule has 2 rings (SSSR count). The lowest BCUT2D eigenvalue weighted by Crippen LogP contribution is -2.46. The Balaban J connectivity index is 2.03. The number of carbonyl (C=O) groups is 1. The lowest BCUT2D eigenvalue weighted by atomic mass is 10.0. The molecule has 0 spiro atoms. The van der Waals surface area contributed by atoms with E-state index >= 15 is 0 Å². The summed E-state index contributed by atoms with van der Waals surface area (Å²) < 4.78 is 5.30. The molecule has 0 saturated carbocycles. The van der Waals surface area contributed by atoms with Crippen LogP contribution in [-0.2, 0) is 4.74 Å². The molecule has 28 heavy (non-hydrogen) atoms. The molecule has 9 nitrogen and oxygen atoms in total. The van der Waals surface area contributed by atoms with Crippen molar-refractivity contribution >= 4 is 23.7 Å². The van der Waals surface area contributed by atoms with Crippen molar-refractivity contribution in [1.82, 2.24) is 15.2 Å². The molecule has 0 aliphatic carbocycles. The van der Waals surface area contributed by atoms with Gasteiger partial charge in [-0.2, -0.15) is 0 Å². The van der Waals surface area contributed by atoms with E-state index in [9.17, 15) is 14.9 Å². The van der Waals surface area contributed by atoms with E-state index in [1.54, 1.807) is 18.3 Å². The van der Waals surface area contributed by atoms with Crippen LogP contribution in [-0.4, -0.2) is 59.7 Å². The van der Waals surface area contributed by atoms with Gasteiger partial charge in [0.2, 0.25) is 0 Å². The van der Waals surface area contributed by atoms with Gasteiger partial charge in [0.05, 0.1) is 10.5 Å². The molecular formula is C19H29N5O4. The number of nitrogens with one attached hydrogen (secondary N) is 1. The second kappa shape index (κ2) is 8.90. The molecule has 9 heteroatoms. The highest BCUT2D eigenvalue weighted by molar-refractivity contribution is 5.68. The molecule has 1 fully saturated rings. The molecular weight excluding hydrogens is 362 g/mol. The lowest BCUT2D eigenvalue weighted by molar-refractivity contribution is -0.385. The van der Waals surface area contributed by atoms with Crippen molar-refractivity contribution in [2.75, 3.05) is 32.1 Å². The van der Waals surface area contributed by atoms with E-state index in [1.165, 1.54) is 6.20 Å². The minimum atomic E-state index is -0.524. The second-order valence-corrected chi connectivity index (χ2v) is 8.05. The largest absolute Gasteiger partial charge is 0.444 e. The fourth-order valence-electron chi connectivity index (χ4n) is 2.87. The summed E-state index contributed by atoms with van der Waals surface area (Å²) in [6, 6.07) is 1.77. The van der Waals surface area contributed by atoms with E-state index < -0.39 is 16.6 Å². The molecule has 1 aliphatic heterocycles. The summed E-state index contributed by atoms with van der Waals surface area (Å²) in [5.41, 5.74) is -0.0368. The number of anilines is 1. The van der Waals surface area contributed by atoms with E-state index in [0.717, 1.165) is 12.8 Å². The molecule has 1 aromatic rings. The zero-order chi connectivity index (χ0) is 20.9. The first-order valence-electron chi connectivity index (χ1n) is 9.28. The van der Waals surface area contributed by atoms with Gasteiger partial charge in [-0.1, -0.05) is 0 Å². The topological polar surface area (TPSA) is 101 Å². The fraction of sp³-hybridized carbons (Fsp3) is 0.579. The molecule has 1 aromatic heterocycles. The molecule has 0 unspecified atom stereocenters. The highest BCUT2D eigenvalue weighted by Gasteiger charge is 2.25. The molecule has 0 aromatic carbocycles. The fourth-order valence-corrected chi connectivity index (χ4v) is 2.87. The first-order chi connectivity index (χ1) is 13.0. The lowest BCUT2D eigenvalue weighted by Gasteiger charge is -2.33. The van der Waals surface area contributed by atoms with E-state index in [1.807, 2.05) is 39.8 Å². The van der Waals surface area contributed by atoms with Gasteiger partial charge in [-0.15, -0.1) is 0 Å². The summed E-state index contributed by atoms with van der Waals surface area (Å²) in [6.07, 6.45) is 5.87. The predicted octanol–water partition coefficient (Wildman–Crippen LogP) is 3.02. The summed E-state index contributed by atoms with van der Waals surface area (Å²) in [5.74, 6) is 0.694. The third-order valence-electron chi connectivity index (χ3n) is 4.19. The number of amides is 1. The summed E-state index contributed by atoms with van der Waals surface area (Å²) in [5, 5.41) is 14.2. The van der Waals surface area contributed by atoms with E-state index in [2.05, 4.69) is 15.2 Å². The van der Waals surface area contributed by atoms with Crippen LogP contribution in [0.5, 0.6) is 0 Å². The van der Waals surface area contributed by atoms with Crippen LogP contribution < -0.4 is 10.2 Å². The number of nitro groups is 1. The number of piperidine rings is 1. The summed E-state index contributed by atoms with van der Waals surface area (Å²) >= 11 is 0. The molecule has 0 atom stereocenters. The van der Waals surface area contributed by atoms with Crippen molar-refractivity contribution in [1.29, 1.82) is 0 Å². The second-order valence-electron chi connectivity index (χ2n) is 8.05. The summed E-state index contributed by atoms with van der Waals surface area (Å²) in [7, 11) is 3.71. The smallest absolute Gasteiger partial charge is 0.407 e. The predicted molar refractivity (Wildman–Crippen MR) is 108 cm³/mol. The van der Waals surface area contributed by atoms with Crippen molar-refractivity contribution in [3.8, 4) is 0 Å². The standard InChI is InChI=1S/C19H29N5O4/c1-19(2,3)28-18(25)21-15-7-10-23(11-8-15)17-12-14(6-9-22(4)5)16(13-20-17)24(26)27/h6,9,12-13,15H,7-8,10-11H2,1-5H3,(H,21,25). The zero-order valence-corrected chi connectivity index (χ0v) is 17.1. The number of carbonyl (C=O) groups excluding carboxylic acids is 1. The third kappa shape index (κ3) is 6.40. The van der Waals surface area contributed by atoms with Crippen LogP contribution >= 0.6 is 0 Å². The maximum atomic E-state index is 11.9. The van der Waals surface area contributed by atoms with Gasteiger partial charge >= 0.3 is 6.09 Å².